The van der Waals surface area contributed by atoms with Gasteiger partial charge in [0.15, 0.2) is 0 Å². The summed E-state index contributed by atoms with van der Waals surface area (Å²) in [6.45, 7) is 1.66. The van der Waals surface area contributed by atoms with Crippen molar-refractivity contribution in [2.24, 2.45) is 0 Å². The van der Waals surface area contributed by atoms with Crippen LogP contribution in [0.2, 0.25) is 0 Å². The highest BCUT2D eigenvalue weighted by molar-refractivity contribution is 6.59. The largest absolute Gasteiger partial charge is 0.478 e. The summed E-state index contributed by atoms with van der Waals surface area (Å²) in [5.41, 5.74) is 1.41. The first kappa shape index (κ1) is 18.0. The number of carbonyl (C=O) groups excluding carboxylic acids is 1. The smallest absolute Gasteiger partial charge is 0.351 e. The Morgan fingerprint density at radius 3 is 2.08 bits per heavy atom. The molecule has 0 saturated carbocycles. The van der Waals surface area contributed by atoms with Gasteiger partial charge in [-0.25, -0.2) is 9.59 Å². The Labute approximate surface area is 149 Å². The number of carbonyl (C=O) groups is 2. The molecule has 2 aromatic carbocycles. The van der Waals surface area contributed by atoms with Gasteiger partial charge < -0.3 is 9.84 Å². The third-order valence-electron chi connectivity index (χ3n) is 3.31. The van der Waals surface area contributed by atoms with Crippen LogP contribution in [0.15, 0.2) is 59.6 Å². The average molecular weight is 365 g/mol. The molecule has 0 aliphatic heterocycles. The van der Waals surface area contributed by atoms with E-state index in [2.05, 4.69) is 0 Å². The Morgan fingerprint density at radius 2 is 1.54 bits per heavy atom. The zero-order valence-electron chi connectivity index (χ0n) is 12.7. The Morgan fingerprint density at radius 1 is 0.958 bits per heavy atom. The molecular weight excluding hydrogens is 351 g/mol. The summed E-state index contributed by atoms with van der Waals surface area (Å²) in [4.78, 5) is 23.0. The first-order valence-corrected chi connectivity index (χ1v) is 7.80. The van der Waals surface area contributed by atoms with Crippen molar-refractivity contribution in [3.63, 3.8) is 0 Å². The van der Waals surface area contributed by atoms with Crippen LogP contribution in [0, 0.1) is 0 Å². The quantitative estimate of drug-likeness (QED) is 0.609. The van der Waals surface area contributed by atoms with Crippen LogP contribution in [0.3, 0.4) is 0 Å². The molecule has 0 spiro atoms. The molecule has 1 unspecified atom stereocenters. The molecule has 0 bridgehead atoms. The zero-order valence-corrected chi connectivity index (χ0v) is 14.2. The van der Waals surface area contributed by atoms with Crippen LogP contribution in [-0.2, 0) is 9.53 Å². The maximum absolute atomic E-state index is 12.1. The van der Waals surface area contributed by atoms with Crippen molar-refractivity contribution in [2.45, 2.75) is 13.0 Å². The SMILES string of the molecule is CC(OC(=O)C(Cl)=C(Cl)c1ccccc1)c1ccc(C(=O)O)cc1. The van der Waals surface area contributed by atoms with E-state index in [1.165, 1.54) is 12.1 Å². The number of aromatic carboxylic acids is 1. The fourth-order valence-electron chi connectivity index (χ4n) is 1.98. The Kier molecular flexibility index (Phi) is 6.01. The van der Waals surface area contributed by atoms with Crippen molar-refractivity contribution in [1.82, 2.24) is 0 Å². The number of halogens is 2. The lowest BCUT2D eigenvalue weighted by molar-refractivity contribution is -0.142. The average Bonchev–Trinajstić information content (AvgIpc) is 2.61. The standard InChI is InChI=1S/C18H14Cl2O4/c1-11(12-7-9-14(10-8-12)17(21)22)24-18(23)16(20)15(19)13-5-3-2-4-6-13/h2-11H,1H3,(H,21,22). The monoisotopic (exact) mass is 364 g/mol. The van der Waals surface area contributed by atoms with E-state index in [0.717, 1.165) is 0 Å². The van der Waals surface area contributed by atoms with E-state index < -0.39 is 18.0 Å². The predicted octanol–water partition coefficient (Wildman–Crippen LogP) is 4.84. The minimum atomic E-state index is -1.02. The van der Waals surface area contributed by atoms with E-state index in [4.69, 9.17) is 33.0 Å². The van der Waals surface area contributed by atoms with Crippen molar-refractivity contribution in [3.8, 4) is 0 Å². The highest BCUT2D eigenvalue weighted by Gasteiger charge is 2.19. The molecule has 0 amide bonds. The summed E-state index contributed by atoms with van der Waals surface area (Å²) in [6, 6.07) is 14.9. The molecule has 24 heavy (non-hydrogen) atoms. The summed E-state index contributed by atoms with van der Waals surface area (Å²) in [7, 11) is 0. The molecule has 2 rings (SSSR count). The molecule has 2 aromatic rings. The molecule has 1 N–H and O–H groups in total. The molecule has 0 fully saturated rings. The summed E-state index contributed by atoms with van der Waals surface area (Å²) >= 11 is 12.1. The number of carboxylic acids is 1. The van der Waals surface area contributed by atoms with Gasteiger partial charge in [0, 0.05) is 0 Å². The van der Waals surface area contributed by atoms with Gasteiger partial charge in [-0.15, -0.1) is 0 Å². The van der Waals surface area contributed by atoms with Gasteiger partial charge in [-0.1, -0.05) is 65.7 Å². The lowest BCUT2D eigenvalue weighted by Crippen LogP contribution is -2.10. The van der Waals surface area contributed by atoms with Crippen LogP contribution < -0.4 is 0 Å². The minimum Gasteiger partial charge on any atom is -0.478 e. The zero-order chi connectivity index (χ0) is 17.7. The van der Waals surface area contributed by atoms with Crippen molar-refractivity contribution in [2.75, 3.05) is 0 Å². The third-order valence-corrected chi connectivity index (χ3v) is 4.16. The summed E-state index contributed by atoms with van der Waals surface area (Å²) in [5.74, 6) is -1.77. The van der Waals surface area contributed by atoms with Crippen molar-refractivity contribution in [3.05, 3.63) is 76.3 Å². The van der Waals surface area contributed by atoms with E-state index >= 15 is 0 Å². The lowest BCUT2D eigenvalue weighted by atomic mass is 10.1. The van der Waals surface area contributed by atoms with Crippen LogP contribution in [0.25, 0.3) is 5.03 Å². The highest BCUT2D eigenvalue weighted by Crippen LogP contribution is 2.28. The maximum Gasteiger partial charge on any atom is 0.351 e. The van der Waals surface area contributed by atoms with Crippen LogP contribution in [0.5, 0.6) is 0 Å². The normalized spacial score (nSPS) is 13.0. The Hall–Kier alpha value is -2.30. The third kappa shape index (κ3) is 4.37. The predicted molar refractivity (Wildman–Crippen MR) is 93.0 cm³/mol. The van der Waals surface area contributed by atoms with Gasteiger partial charge in [0.25, 0.3) is 0 Å². The van der Waals surface area contributed by atoms with Gasteiger partial charge >= 0.3 is 11.9 Å². The second-order valence-corrected chi connectivity index (χ2v) is 5.72. The molecule has 0 radical (unpaired) electrons. The molecule has 0 aliphatic carbocycles. The topological polar surface area (TPSA) is 63.6 Å². The van der Waals surface area contributed by atoms with E-state index in [0.29, 0.717) is 11.1 Å². The minimum absolute atomic E-state index is 0.107. The lowest BCUT2D eigenvalue weighted by Gasteiger charge is -2.14. The Balaban J connectivity index is 2.12. The summed E-state index contributed by atoms with van der Waals surface area (Å²) < 4.78 is 5.28. The van der Waals surface area contributed by atoms with Crippen LogP contribution in [0.4, 0.5) is 0 Å². The van der Waals surface area contributed by atoms with Crippen molar-refractivity contribution in [1.29, 1.82) is 0 Å². The Bertz CT molecular complexity index is 767. The molecule has 0 aromatic heterocycles. The molecule has 124 valence electrons. The molecule has 6 heteroatoms. The molecule has 4 nitrogen and oxygen atoms in total. The number of carboxylic acid groups (broad SMARTS) is 1. The van der Waals surface area contributed by atoms with Gasteiger partial charge in [0.2, 0.25) is 0 Å². The second kappa shape index (κ2) is 7.99. The summed E-state index contributed by atoms with van der Waals surface area (Å²) in [6.07, 6.45) is -0.602. The fraction of sp³-hybridized carbons (Fsp3) is 0.111. The van der Waals surface area contributed by atoms with Gasteiger partial charge in [0.05, 0.1) is 10.6 Å². The number of rotatable bonds is 5. The highest BCUT2D eigenvalue weighted by atomic mass is 35.5. The number of ether oxygens (including phenoxy) is 1. The molecule has 0 aliphatic rings. The van der Waals surface area contributed by atoms with Crippen molar-refractivity contribution < 1.29 is 19.4 Å². The van der Waals surface area contributed by atoms with Crippen LogP contribution in [0.1, 0.15) is 34.5 Å². The van der Waals surface area contributed by atoms with Gasteiger partial charge in [-0.2, -0.15) is 0 Å². The van der Waals surface area contributed by atoms with Crippen LogP contribution >= 0.6 is 23.2 Å². The van der Waals surface area contributed by atoms with Gasteiger partial charge in [0.1, 0.15) is 11.1 Å². The maximum atomic E-state index is 12.1. The fourth-order valence-corrected chi connectivity index (χ4v) is 2.33. The number of hydrogen-bond acceptors (Lipinski definition) is 3. The number of hydrogen-bond donors (Lipinski definition) is 1. The van der Waals surface area contributed by atoms with E-state index in [9.17, 15) is 9.59 Å². The van der Waals surface area contributed by atoms with E-state index in [1.54, 1.807) is 43.3 Å². The first-order valence-electron chi connectivity index (χ1n) is 7.05. The second-order valence-electron chi connectivity index (χ2n) is 4.97. The molecule has 1 atom stereocenters. The van der Waals surface area contributed by atoms with E-state index in [1.807, 2.05) is 6.07 Å². The van der Waals surface area contributed by atoms with Crippen LogP contribution in [-0.4, -0.2) is 17.0 Å². The molecule has 0 heterocycles. The number of benzene rings is 2. The van der Waals surface area contributed by atoms with Gasteiger partial charge in [-0.05, 0) is 30.2 Å². The van der Waals surface area contributed by atoms with E-state index in [-0.39, 0.29) is 15.6 Å². The van der Waals surface area contributed by atoms with Crippen molar-refractivity contribution >= 4 is 40.2 Å². The number of esters is 1. The van der Waals surface area contributed by atoms with Gasteiger partial charge in [-0.3, -0.25) is 0 Å². The molecule has 0 saturated heterocycles. The first-order chi connectivity index (χ1) is 11.4. The summed E-state index contributed by atoms with van der Waals surface area (Å²) in [5, 5.41) is 8.77. The molecular formula is C18H14Cl2O4.